The second kappa shape index (κ2) is 9.09. The topological polar surface area (TPSA) is 50.8 Å². The summed E-state index contributed by atoms with van der Waals surface area (Å²) in [6, 6.07) is 12.3. The second-order valence-corrected chi connectivity index (χ2v) is 11.5. The molecule has 1 amide bonds. The van der Waals surface area contributed by atoms with Gasteiger partial charge in [0.05, 0.1) is 12.1 Å². The number of rotatable bonds is 5. The zero-order chi connectivity index (χ0) is 24.0. The molecule has 182 valence electrons. The number of amides is 1. The number of carbonyl (C=O) groups excluding carboxylic acids is 1. The van der Waals surface area contributed by atoms with Gasteiger partial charge in [0, 0.05) is 11.6 Å². The van der Waals surface area contributed by atoms with Gasteiger partial charge in [0.1, 0.15) is 11.9 Å². The molecule has 3 heterocycles. The smallest absolute Gasteiger partial charge is 0.407 e. The Bertz CT molecular complexity index is 1080. The fourth-order valence-electron chi connectivity index (χ4n) is 5.91. The highest BCUT2D eigenvalue weighted by molar-refractivity contribution is 6.31. The molecule has 0 saturated carbocycles. The molecule has 34 heavy (non-hydrogen) atoms. The molecular formula is C28H35ClN2O3. The van der Waals surface area contributed by atoms with Gasteiger partial charge in [-0.05, 0) is 98.0 Å². The van der Waals surface area contributed by atoms with Crippen LogP contribution in [0.4, 0.5) is 4.79 Å². The Labute approximate surface area is 207 Å². The van der Waals surface area contributed by atoms with E-state index < -0.39 is 0 Å². The Hall–Kier alpha value is -2.24. The van der Waals surface area contributed by atoms with E-state index in [1.807, 2.05) is 32.0 Å². The van der Waals surface area contributed by atoms with Crippen molar-refractivity contribution in [2.45, 2.75) is 65.2 Å². The molecular weight excluding hydrogens is 448 g/mol. The van der Waals surface area contributed by atoms with Crippen LogP contribution < -0.4 is 10.1 Å². The largest absolute Gasteiger partial charge is 0.491 e. The van der Waals surface area contributed by atoms with Crippen molar-refractivity contribution in [1.29, 1.82) is 0 Å². The maximum Gasteiger partial charge on any atom is 0.407 e. The van der Waals surface area contributed by atoms with Crippen molar-refractivity contribution in [3.63, 3.8) is 0 Å². The third-order valence-electron chi connectivity index (χ3n) is 7.57. The van der Waals surface area contributed by atoms with Gasteiger partial charge in [-0.1, -0.05) is 43.6 Å². The number of nitrogens with zero attached hydrogens (tertiary/aromatic N) is 1. The fourth-order valence-corrected chi connectivity index (χ4v) is 6.14. The van der Waals surface area contributed by atoms with Crippen LogP contribution in [-0.4, -0.2) is 42.8 Å². The molecule has 2 aromatic carbocycles. The summed E-state index contributed by atoms with van der Waals surface area (Å²) in [5, 5.41) is 3.87. The van der Waals surface area contributed by atoms with Crippen LogP contribution in [0.1, 0.15) is 57.7 Å². The lowest BCUT2D eigenvalue weighted by Gasteiger charge is -2.44. The number of hydrogen-bond donors (Lipinski definition) is 1. The van der Waals surface area contributed by atoms with Gasteiger partial charge in [0.15, 0.2) is 0 Å². The molecule has 0 radical (unpaired) electrons. The number of carbonyl (C=O) groups is 1. The summed E-state index contributed by atoms with van der Waals surface area (Å²) in [7, 11) is 0. The maximum absolute atomic E-state index is 12.9. The normalized spacial score (nSPS) is 26.9. The Morgan fingerprint density at radius 1 is 1.12 bits per heavy atom. The van der Waals surface area contributed by atoms with E-state index in [0.29, 0.717) is 10.9 Å². The SMILES string of the molecule is CC(C)Oc1cc(Cl)cc(-c2ccc3c(c2)CC(C)(C)[C@H]3NC(=O)O[C@H]2CN3CCC2CC3)c1. The number of halogens is 1. The monoisotopic (exact) mass is 482 g/mol. The second-order valence-electron chi connectivity index (χ2n) is 11.1. The first-order valence-electron chi connectivity index (χ1n) is 12.5. The van der Waals surface area contributed by atoms with Crippen molar-refractivity contribution < 1.29 is 14.3 Å². The van der Waals surface area contributed by atoms with E-state index in [0.717, 1.165) is 55.8 Å². The van der Waals surface area contributed by atoms with E-state index in [2.05, 4.69) is 42.3 Å². The Balaban J connectivity index is 1.34. The number of piperidine rings is 3. The molecule has 2 atom stereocenters. The molecule has 4 aliphatic rings. The molecule has 3 aliphatic heterocycles. The number of alkyl carbamates (subject to hydrolysis) is 1. The van der Waals surface area contributed by atoms with E-state index in [-0.39, 0.29) is 29.8 Å². The number of ether oxygens (including phenoxy) is 2. The van der Waals surface area contributed by atoms with Crippen molar-refractivity contribution >= 4 is 17.7 Å². The summed E-state index contributed by atoms with van der Waals surface area (Å²) < 4.78 is 11.8. The highest BCUT2D eigenvalue weighted by atomic mass is 35.5. The minimum Gasteiger partial charge on any atom is -0.491 e. The lowest BCUT2D eigenvalue weighted by atomic mass is 9.85. The van der Waals surface area contributed by atoms with E-state index >= 15 is 0 Å². The molecule has 0 aromatic heterocycles. The Morgan fingerprint density at radius 3 is 2.56 bits per heavy atom. The fraction of sp³-hybridized carbons (Fsp3) is 0.536. The maximum atomic E-state index is 12.9. The van der Waals surface area contributed by atoms with Gasteiger partial charge in [-0.2, -0.15) is 0 Å². The van der Waals surface area contributed by atoms with E-state index in [1.54, 1.807) is 0 Å². The van der Waals surface area contributed by atoms with Gasteiger partial charge in [0.25, 0.3) is 0 Å². The van der Waals surface area contributed by atoms with Crippen molar-refractivity contribution in [3.8, 4) is 16.9 Å². The Kier molecular flexibility index (Phi) is 6.28. The number of fused-ring (bicyclic) bond motifs is 4. The van der Waals surface area contributed by atoms with Crippen molar-refractivity contribution in [1.82, 2.24) is 10.2 Å². The van der Waals surface area contributed by atoms with Crippen LogP contribution in [0.3, 0.4) is 0 Å². The third kappa shape index (κ3) is 4.78. The molecule has 3 saturated heterocycles. The Morgan fingerprint density at radius 2 is 1.88 bits per heavy atom. The first-order chi connectivity index (χ1) is 16.2. The first-order valence-corrected chi connectivity index (χ1v) is 12.9. The van der Waals surface area contributed by atoms with Gasteiger partial charge in [-0.3, -0.25) is 4.90 Å². The van der Waals surface area contributed by atoms with E-state index in [9.17, 15) is 4.79 Å². The van der Waals surface area contributed by atoms with Crippen molar-refractivity contribution in [2.24, 2.45) is 11.3 Å². The van der Waals surface area contributed by atoms with Gasteiger partial charge in [-0.25, -0.2) is 4.79 Å². The minimum absolute atomic E-state index is 0.0129. The molecule has 3 fully saturated rings. The molecule has 0 spiro atoms. The molecule has 5 nitrogen and oxygen atoms in total. The average Bonchev–Trinajstić information content (AvgIpc) is 3.02. The standard InChI is InChI=1S/C28H35ClN2O3/c1-17(2)33-23-13-20(12-22(29)14-23)19-5-6-24-21(11-19)15-28(3,4)26(24)30-27(32)34-25-16-31-9-7-18(25)8-10-31/h5-6,11-14,17-18,25-26H,7-10,15-16H2,1-4H3,(H,30,32)/t25-,26-/m0/s1. The van der Waals surface area contributed by atoms with Crippen LogP contribution >= 0.6 is 11.6 Å². The summed E-state index contributed by atoms with van der Waals surface area (Å²) in [6.07, 6.45) is 2.95. The molecule has 6 heteroatoms. The van der Waals surface area contributed by atoms with Gasteiger partial charge in [-0.15, -0.1) is 0 Å². The predicted octanol–water partition coefficient (Wildman–Crippen LogP) is 6.24. The number of nitrogens with one attached hydrogen (secondary N) is 1. The molecule has 0 unspecified atom stereocenters. The highest BCUT2D eigenvalue weighted by Gasteiger charge is 2.42. The summed E-state index contributed by atoms with van der Waals surface area (Å²) in [5.74, 6) is 1.28. The zero-order valence-corrected chi connectivity index (χ0v) is 21.3. The molecule has 1 aliphatic carbocycles. The molecule has 2 aromatic rings. The summed E-state index contributed by atoms with van der Waals surface area (Å²) in [6.45, 7) is 11.6. The summed E-state index contributed by atoms with van der Waals surface area (Å²) in [5.41, 5.74) is 4.44. The summed E-state index contributed by atoms with van der Waals surface area (Å²) >= 11 is 6.39. The van der Waals surface area contributed by atoms with Crippen LogP contribution in [0.5, 0.6) is 5.75 Å². The predicted molar refractivity (Wildman–Crippen MR) is 135 cm³/mol. The molecule has 6 rings (SSSR count). The first kappa shape index (κ1) is 23.5. The quantitative estimate of drug-likeness (QED) is 0.548. The van der Waals surface area contributed by atoms with Crippen LogP contribution in [0.25, 0.3) is 11.1 Å². The van der Waals surface area contributed by atoms with Gasteiger partial charge in [0.2, 0.25) is 0 Å². The van der Waals surface area contributed by atoms with Crippen molar-refractivity contribution in [2.75, 3.05) is 19.6 Å². The lowest BCUT2D eigenvalue weighted by molar-refractivity contribution is -0.0348. The average molecular weight is 483 g/mol. The van der Waals surface area contributed by atoms with Crippen LogP contribution in [0, 0.1) is 11.3 Å². The summed E-state index contributed by atoms with van der Waals surface area (Å²) in [4.78, 5) is 15.3. The third-order valence-corrected chi connectivity index (χ3v) is 7.79. The zero-order valence-electron chi connectivity index (χ0n) is 20.6. The van der Waals surface area contributed by atoms with Crippen LogP contribution in [-0.2, 0) is 11.2 Å². The lowest BCUT2D eigenvalue weighted by Crippen LogP contribution is -2.53. The van der Waals surface area contributed by atoms with Crippen molar-refractivity contribution in [3.05, 3.63) is 52.5 Å². The van der Waals surface area contributed by atoms with Crippen LogP contribution in [0.2, 0.25) is 5.02 Å². The van der Waals surface area contributed by atoms with E-state index in [1.165, 1.54) is 11.1 Å². The molecule has 1 N–H and O–H groups in total. The minimum atomic E-state index is -0.293. The van der Waals surface area contributed by atoms with Gasteiger partial charge < -0.3 is 14.8 Å². The van der Waals surface area contributed by atoms with Crippen LogP contribution in [0.15, 0.2) is 36.4 Å². The van der Waals surface area contributed by atoms with Gasteiger partial charge >= 0.3 is 6.09 Å². The number of hydrogen-bond acceptors (Lipinski definition) is 4. The highest BCUT2D eigenvalue weighted by Crippen LogP contribution is 2.46. The molecule has 2 bridgehead atoms. The van der Waals surface area contributed by atoms with E-state index in [4.69, 9.17) is 21.1 Å². The number of benzene rings is 2.